The molecular weight excluding hydrogens is 220 g/mol. The zero-order chi connectivity index (χ0) is 12.6. The first-order valence-electron chi connectivity index (χ1n) is 7.30. The SMILES string of the molecule is Cc1ccc(N)cc1N1CC2(CCCCCC2)C1. The first-order chi connectivity index (χ1) is 8.69. The molecule has 2 aliphatic rings. The van der Waals surface area contributed by atoms with Gasteiger partial charge in [-0.1, -0.05) is 31.7 Å². The van der Waals surface area contributed by atoms with Gasteiger partial charge in [-0.15, -0.1) is 0 Å². The van der Waals surface area contributed by atoms with Crippen molar-refractivity contribution in [1.29, 1.82) is 0 Å². The first kappa shape index (κ1) is 11.9. The molecule has 3 rings (SSSR count). The van der Waals surface area contributed by atoms with E-state index in [1.165, 1.54) is 62.9 Å². The molecular formula is C16H24N2. The predicted octanol–water partition coefficient (Wildman–Crippen LogP) is 3.74. The molecule has 2 nitrogen and oxygen atoms in total. The lowest BCUT2D eigenvalue weighted by atomic mass is 9.73. The number of hydrogen-bond donors (Lipinski definition) is 1. The number of nitrogens with two attached hydrogens (primary N) is 1. The van der Waals surface area contributed by atoms with E-state index < -0.39 is 0 Å². The molecule has 1 aliphatic carbocycles. The molecule has 1 aromatic rings. The Balaban J connectivity index is 1.72. The normalized spacial score (nSPS) is 22.6. The average Bonchev–Trinajstić information content (AvgIpc) is 2.56. The van der Waals surface area contributed by atoms with Crippen molar-refractivity contribution in [3.05, 3.63) is 23.8 Å². The third kappa shape index (κ3) is 2.09. The van der Waals surface area contributed by atoms with Crippen molar-refractivity contribution in [3.8, 4) is 0 Å². The monoisotopic (exact) mass is 244 g/mol. The molecule has 1 spiro atoms. The number of nitrogens with zero attached hydrogens (tertiary/aromatic N) is 1. The second kappa shape index (κ2) is 4.49. The highest BCUT2D eigenvalue weighted by Crippen LogP contribution is 2.45. The molecule has 2 heteroatoms. The maximum atomic E-state index is 5.91. The third-order valence-corrected chi connectivity index (χ3v) is 4.79. The molecule has 0 aromatic heterocycles. The second-order valence-electron chi connectivity index (χ2n) is 6.32. The lowest BCUT2D eigenvalue weighted by Crippen LogP contribution is -2.56. The number of nitrogen functional groups attached to an aromatic ring is 1. The van der Waals surface area contributed by atoms with Crippen LogP contribution in [0.4, 0.5) is 11.4 Å². The molecule has 2 N–H and O–H groups in total. The zero-order valence-electron chi connectivity index (χ0n) is 11.4. The van der Waals surface area contributed by atoms with Gasteiger partial charge in [-0.3, -0.25) is 0 Å². The summed E-state index contributed by atoms with van der Waals surface area (Å²) in [6.07, 6.45) is 8.63. The van der Waals surface area contributed by atoms with Gasteiger partial charge in [-0.2, -0.15) is 0 Å². The minimum Gasteiger partial charge on any atom is -0.399 e. The summed E-state index contributed by atoms with van der Waals surface area (Å²) in [6.45, 7) is 4.68. The van der Waals surface area contributed by atoms with Gasteiger partial charge in [0, 0.05) is 29.9 Å². The molecule has 0 bridgehead atoms. The number of rotatable bonds is 1. The molecule has 98 valence electrons. The summed E-state index contributed by atoms with van der Waals surface area (Å²) in [6, 6.07) is 6.28. The summed E-state index contributed by atoms with van der Waals surface area (Å²) in [7, 11) is 0. The van der Waals surface area contributed by atoms with Crippen molar-refractivity contribution in [2.24, 2.45) is 5.41 Å². The van der Waals surface area contributed by atoms with E-state index in [1.807, 2.05) is 6.07 Å². The number of hydrogen-bond acceptors (Lipinski definition) is 2. The van der Waals surface area contributed by atoms with Crippen LogP contribution in [0.3, 0.4) is 0 Å². The van der Waals surface area contributed by atoms with Crippen molar-refractivity contribution in [2.75, 3.05) is 23.7 Å². The van der Waals surface area contributed by atoms with Crippen LogP contribution in [0.25, 0.3) is 0 Å². The van der Waals surface area contributed by atoms with Crippen LogP contribution in [0.1, 0.15) is 44.1 Å². The maximum absolute atomic E-state index is 5.91. The Labute approximate surface area is 110 Å². The van der Waals surface area contributed by atoms with Gasteiger partial charge in [0.25, 0.3) is 0 Å². The minimum atomic E-state index is 0.632. The average molecular weight is 244 g/mol. The fourth-order valence-electron chi connectivity index (χ4n) is 3.70. The van der Waals surface area contributed by atoms with Crippen molar-refractivity contribution < 1.29 is 0 Å². The minimum absolute atomic E-state index is 0.632. The fraction of sp³-hybridized carbons (Fsp3) is 0.625. The van der Waals surface area contributed by atoms with E-state index in [2.05, 4.69) is 24.0 Å². The van der Waals surface area contributed by atoms with Gasteiger partial charge in [0.05, 0.1) is 0 Å². The van der Waals surface area contributed by atoms with Crippen molar-refractivity contribution in [3.63, 3.8) is 0 Å². The van der Waals surface area contributed by atoms with Gasteiger partial charge in [0.15, 0.2) is 0 Å². The smallest absolute Gasteiger partial charge is 0.0416 e. The van der Waals surface area contributed by atoms with E-state index in [0.29, 0.717) is 5.41 Å². The molecule has 1 heterocycles. The molecule has 0 unspecified atom stereocenters. The highest BCUT2D eigenvalue weighted by Gasteiger charge is 2.42. The zero-order valence-corrected chi connectivity index (χ0v) is 11.4. The van der Waals surface area contributed by atoms with Crippen LogP contribution in [0, 0.1) is 12.3 Å². The van der Waals surface area contributed by atoms with Gasteiger partial charge in [-0.05, 0) is 37.5 Å². The summed E-state index contributed by atoms with van der Waals surface area (Å²) in [5.74, 6) is 0. The van der Waals surface area contributed by atoms with Gasteiger partial charge in [-0.25, -0.2) is 0 Å². The number of aryl methyl sites for hydroxylation is 1. The highest BCUT2D eigenvalue weighted by atomic mass is 15.2. The van der Waals surface area contributed by atoms with Crippen LogP contribution in [-0.4, -0.2) is 13.1 Å². The number of anilines is 2. The van der Waals surface area contributed by atoms with Crippen LogP contribution in [0.2, 0.25) is 0 Å². The molecule has 2 fully saturated rings. The van der Waals surface area contributed by atoms with Crippen molar-refractivity contribution in [1.82, 2.24) is 0 Å². The quantitative estimate of drug-likeness (QED) is 0.763. The Morgan fingerprint density at radius 2 is 1.72 bits per heavy atom. The maximum Gasteiger partial charge on any atom is 0.0416 e. The van der Waals surface area contributed by atoms with Gasteiger partial charge >= 0.3 is 0 Å². The van der Waals surface area contributed by atoms with Crippen molar-refractivity contribution in [2.45, 2.75) is 45.4 Å². The van der Waals surface area contributed by atoms with Crippen LogP contribution < -0.4 is 10.6 Å². The van der Waals surface area contributed by atoms with E-state index in [0.717, 1.165) is 5.69 Å². The molecule has 1 aromatic carbocycles. The molecule has 1 saturated carbocycles. The van der Waals surface area contributed by atoms with Gasteiger partial charge in [0.1, 0.15) is 0 Å². The lowest BCUT2D eigenvalue weighted by Gasteiger charge is -2.52. The van der Waals surface area contributed by atoms with Gasteiger partial charge in [0.2, 0.25) is 0 Å². The highest BCUT2D eigenvalue weighted by molar-refractivity contribution is 5.62. The summed E-state index contributed by atoms with van der Waals surface area (Å²) in [4.78, 5) is 2.52. The summed E-state index contributed by atoms with van der Waals surface area (Å²) in [5.41, 5.74) is 10.1. The molecule has 0 atom stereocenters. The second-order valence-corrected chi connectivity index (χ2v) is 6.32. The van der Waals surface area contributed by atoms with E-state index >= 15 is 0 Å². The standard InChI is InChI=1S/C16H24N2/c1-13-6-7-14(17)10-15(13)18-11-16(12-18)8-4-2-3-5-9-16/h6-7,10H,2-5,8-9,11-12,17H2,1H3. The Morgan fingerprint density at radius 1 is 1.06 bits per heavy atom. The molecule has 0 radical (unpaired) electrons. The van der Waals surface area contributed by atoms with Crippen LogP contribution >= 0.6 is 0 Å². The Hall–Kier alpha value is -1.18. The Bertz CT molecular complexity index is 423. The van der Waals surface area contributed by atoms with E-state index in [-0.39, 0.29) is 0 Å². The third-order valence-electron chi connectivity index (χ3n) is 4.79. The van der Waals surface area contributed by atoms with Crippen molar-refractivity contribution >= 4 is 11.4 Å². The largest absolute Gasteiger partial charge is 0.399 e. The molecule has 1 saturated heterocycles. The van der Waals surface area contributed by atoms with Crippen LogP contribution in [0.15, 0.2) is 18.2 Å². The molecule has 1 aliphatic heterocycles. The van der Waals surface area contributed by atoms with E-state index in [1.54, 1.807) is 0 Å². The van der Waals surface area contributed by atoms with Gasteiger partial charge < -0.3 is 10.6 Å². The first-order valence-corrected chi connectivity index (χ1v) is 7.30. The fourth-order valence-corrected chi connectivity index (χ4v) is 3.70. The van der Waals surface area contributed by atoms with Crippen LogP contribution in [-0.2, 0) is 0 Å². The molecule has 0 amide bonds. The predicted molar refractivity (Wildman–Crippen MR) is 77.9 cm³/mol. The summed E-state index contributed by atoms with van der Waals surface area (Å²) in [5, 5.41) is 0. The molecule has 18 heavy (non-hydrogen) atoms. The summed E-state index contributed by atoms with van der Waals surface area (Å²) < 4.78 is 0. The number of benzene rings is 1. The lowest BCUT2D eigenvalue weighted by molar-refractivity contribution is 0.180. The Morgan fingerprint density at radius 3 is 2.39 bits per heavy atom. The van der Waals surface area contributed by atoms with E-state index in [4.69, 9.17) is 5.73 Å². The Kier molecular flexibility index (Phi) is 2.96. The van der Waals surface area contributed by atoms with E-state index in [9.17, 15) is 0 Å². The summed E-state index contributed by atoms with van der Waals surface area (Å²) >= 11 is 0. The van der Waals surface area contributed by atoms with Crippen LogP contribution in [0.5, 0.6) is 0 Å². The topological polar surface area (TPSA) is 29.3 Å².